The first-order chi connectivity index (χ1) is 7.06. The first-order valence-corrected chi connectivity index (χ1v) is 4.23. The van der Waals surface area contributed by atoms with Gasteiger partial charge in [-0.15, -0.1) is 0 Å². The van der Waals surface area contributed by atoms with Crippen LogP contribution in [-0.2, 0) is 0 Å². The van der Waals surface area contributed by atoms with Gasteiger partial charge in [0.1, 0.15) is 0 Å². The summed E-state index contributed by atoms with van der Waals surface area (Å²) in [5, 5.41) is 19.3. The lowest BCUT2D eigenvalue weighted by Crippen LogP contribution is -2.01. The van der Waals surface area contributed by atoms with Gasteiger partial charge in [-0.3, -0.25) is 10.1 Å². The topological polar surface area (TPSA) is 93.0 Å². The highest BCUT2D eigenvalue weighted by Crippen LogP contribution is 2.26. The average Bonchev–Trinajstić information content (AvgIpc) is 2.17. The van der Waals surface area contributed by atoms with E-state index in [0.29, 0.717) is 0 Å². The maximum absolute atomic E-state index is 10.7. The summed E-state index contributed by atoms with van der Waals surface area (Å²) in [5.74, 6) is 0. The molecule has 0 aliphatic carbocycles. The Bertz CT molecular complexity index is 477. The zero-order chi connectivity index (χ0) is 11.4. The van der Waals surface area contributed by atoms with Gasteiger partial charge in [0.05, 0.1) is 22.3 Å². The summed E-state index contributed by atoms with van der Waals surface area (Å²) in [4.78, 5) is 10.1. The molecule has 76 valence electrons. The molecule has 0 heterocycles. The van der Waals surface area contributed by atoms with Crippen LogP contribution in [0.5, 0.6) is 0 Å². The van der Waals surface area contributed by atoms with E-state index in [1.807, 2.05) is 0 Å². The third-order valence-electron chi connectivity index (χ3n) is 1.69. The van der Waals surface area contributed by atoms with E-state index in [0.717, 1.165) is 6.08 Å². The van der Waals surface area contributed by atoms with Gasteiger partial charge >= 0.3 is 0 Å². The van der Waals surface area contributed by atoms with Crippen LogP contribution in [0.15, 0.2) is 24.3 Å². The van der Waals surface area contributed by atoms with E-state index >= 15 is 0 Å². The highest BCUT2D eigenvalue weighted by atomic mass is 35.5. The van der Waals surface area contributed by atoms with Crippen molar-refractivity contribution in [1.82, 2.24) is 0 Å². The van der Waals surface area contributed by atoms with Crippen LogP contribution in [0.1, 0.15) is 5.56 Å². The van der Waals surface area contributed by atoms with Crippen molar-refractivity contribution < 1.29 is 4.92 Å². The van der Waals surface area contributed by atoms with Crippen LogP contribution in [0.3, 0.4) is 0 Å². The van der Waals surface area contributed by atoms with Gasteiger partial charge in [-0.1, -0.05) is 11.6 Å². The molecule has 0 bridgehead atoms. The van der Waals surface area contributed by atoms with Crippen molar-refractivity contribution in [2.24, 2.45) is 5.73 Å². The number of nitro benzene ring substituents is 1. The lowest BCUT2D eigenvalue weighted by molar-refractivity contribution is -0.385. The fourth-order valence-electron chi connectivity index (χ4n) is 1.05. The first kappa shape index (κ1) is 11.0. The molecular formula is C9H6ClN3O2. The van der Waals surface area contributed by atoms with Crippen LogP contribution >= 0.6 is 11.6 Å². The minimum Gasteiger partial charge on any atom is -0.397 e. The Morgan fingerprint density at radius 2 is 2.33 bits per heavy atom. The zero-order valence-electron chi connectivity index (χ0n) is 7.48. The van der Waals surface area contributed by atoms with Crippen LogP contribution < -0.4 is 5.73 Å². The molecule has 1 rings (SSSR count). The number of hydrogen-bond donors (Lipinski definition) is 1. The predicted octanol–water partition coefficient (Wildman–Crippen LogP) is 2.07. The molecule has 0 aromatic heterocycles. The summed E-state index contributed by atoms with van der Waals surface area (Å²) in [6.45, 7) is 0. The zero-order valence-corrected chi connectivity index (χ0v) is 8.23. The number of nitro groups is 1. The molecule has 0 unspecified atom stereocenters. The lowest BCUT2D eigenvalue weighted by atomic mass is 10.1. The number of nitrogens with zero attached hydrogens (tertiary/aromatic N) is 2. The molecule has 0 aliphatic heterocycles. The van der Waals surface area contributed by atoms with Crippen molar-refractivity contribution in [3.8, 4) is 6.07 Å². The summed E-state index contributed by atoms with van der Waals surface area (Å²) >= 11 is 5.61. The maximum atomic E-state index is 10.7. The summed E-state index contributed by atoms with van der Waals surface area (Å²) < 4.78 is 0. The molecule has 1 aromatic carbocycles. The van der Waals surface area contributed by atoms with Crippen molar-refractivity contribution in [2.45, 2.75) is 0 Å². The minimum atomic E-state index is -0.598. The molecule has 0 fully saturated rings. The number of rotatable bonds is 2. The minimum absolute atomic E-state index is 0.0425. The molecule has 5 nitrogen and oxygen atoms in total. The van der Waals surface area contributed by atoms with Gasteiger partial charge in [0.15, 0.2) is 0 Å². The van der Waals surface area contributed by atoms with Gasteiger partial charge in [0.2, 0.25) is 0 Å². The molecule has 0 saturated carbocycles. The van der Waals surface area contributed by atoms with Crippen LogP contribution in [0.2, 0.25) is 5.02 Å². The summed E-state index contributed by atoms with van der Waals surface area (Å²) in [7, 11) is 0. The number of allylic oxidation sites excluding steroid dienone is 1. The van der Waals surface area contributed by atoms with Crippen LogP contribution in [0.25, 0.3) is 5.70 Å². The highest BCUT2D eigenvalue weighted by molar-refractivity contribution is 6.30. The standard InChI is InChI=1S/C9H6ClN3O2/c10-6-1-2-7(8(12)3-4-11)9(5-6)13(14)15/h1-3,5H,12H2/b8-3+. The predicted molar refractivity (Wildman–Crippen MR) is 55.9 cm³/mol. The molecule has 0 saturated heterocycles. The number of benzene rings is 1. The van der Waals surface area contributed by atoms with Crippen molar-refractivity contribution in [3.63, 3.8) is 0 Å². The quantitative estimate of drug-likeness (QED) is 0.472. The van der Waals surface area contributed by atoms with E-state index < -0.39 is 4.92 Å². The molecule has 0 spiro atoms. The fraction of sp³-hybridized carbons (Fsp3) is 0. The van der Waals surface area contributed by atoms with Crippen LogP contribution in [0, 0.1) is 21.4 Å². The third-order valence-corrected chi connectivity index (χ3v) is 1.92. The second kappa shape index (κ2) is 4.44. The largest absolute Gasteiger partial charge is 0.397 e. The van der Waals surface area contributed by atoms with E-state index in [1.165, 1.54) is 18.2 Å². The maximum Gasteiger partial charge on any atom is 0.280 e. The third kappa shape index (κ3) is 2.45. The van der Waals surface area contributed by atoms with Crippen molar-refractivity contribution >= 4 is 23.0 Å². The molecule has 6 heteroatoms. The van der Waals surface area contributed by atoms with E-state index in [9.17, 15) is 10.1 Å². The van der Waals surface area contributed by atoms with Gasteiger partial charge in [-0.2, -0.15) is 5.26 Å². The Morgan fingerprint density at radius 3 is 2.87 bits per heavy atom. The molecule has 0 atom stereocenters. The highest BCUT2D eigenvalue weighted by Gasteiger charge is 2.15. The number of nitrogens with two attached hydrogens (primary N) is 1. The normalized spacial score (nSPS) is 10.8. The number of nitriles is 1. The monoisotopic (exact) mass is 223 g/mol. The van der Waals surface area contributed by atoms with Crippen molar-refractivity contribution in [2.75, 3.05) is 0 Å². The molecule has 2 N–H and O–H groups in total. The molecule has 1 aromatic rings. The van der Waals surface area contributed by atoms with E-state index in [1.54, 1.807) is 6.07 Å². The lowest BCUT2D eigenvalue weighted by Gasteiger charge is -2.01. The van der Waals surface area contributed by atoms with Crippen molar-refractivity contribution in [3.05, 3.63) is 45.0 Å². The fourth-order valence-corrected chi connectivity index (χ4v) is 1.21. The molecule has 0 amide bonds. The molecule has 0 aliphatic rings. The van der Waals surface area contributed by atoms with Gasteiger partial charge in [0, 0.05) is 17.2 Å². The Labute approximate surface area is 90.5 Å². The first-order valence-electron chi connectivity index (χ1n) is 3.86. The summed E-state index contributed by atoms with van der Waals surface area (Å²) in [6.07, 6.45) is 1.04. The second-order valence-corrected chi connectivity index (χ2v) is 3.08. The van der Waals surface area contributed by atoms with E-state index in [2.05, 4.69) is 0 Å². The van der Waals surface area contributed by atoms with Crippen molar-refractivity contribution in [1.29, 1.82) is 5.26 Å². The SMILES string of the molecule is N#C/C=C(/N)c1ccc(Cl)cc1[N+](=O)[O-]. The second-order valence-electron chi connectivity index (χ2n) is 2.65. The van der Waals surface area contributed by atoms with Gasteiger partial charge in [0.25, 0.3) is 5.69 Å². The van der Waals surface area contributed by atoms with Gasteiger partial charge in [-0.25, -0.2) is 0 Å². The molecular weight excluding hydrogens is 218 g/mol. The Hall–Kier alpha value is -2.06. The van der Waals surface area contributed by atoms with Crippen LogP contribution in [-0.4, -0.2) is 4.92 Å². The van der Waals surface area contributed by atoms with E-state index in [-0.39, 0.29) is 22.0 Å². The van der Waals surface area contributed by atoms with E-state index in [4.69, 9.17) is 22.6 Å². The average molecular weight is 224 g/mol. The van der Waals surface area contributed by atoms with Gasteiger partial charge < -0.3 is 5.73 Å². The Kier molecular flexibility index (Phi) is 3.26. The molecule has 15 heavy (non-hydrogen) atoms. The van der Waals surface area contributed by atoms with Crippen LogP contribution in [0.4, 0.5) is 5.69 Å². The Morgan fingerprint density at radius 1 is 1.67 bits per heavy atom. The summed E-state index contributed by atoms with van der Waals surface area (Å²) in [5.41, 5.74) is 5.50. The smallest absolute Gasteiger partial charge is 0.280 e. The molecule has 0 radical (unpaired) electrons. The Balaban J connectivity index is 3.37. The number of hydrogen-bond acceptors (Lipinski definition) is 4. The summed E-state index contributed by atoms with van der Waals surface area (Å²) in [6, 6.07) is 5.77. The van der Waals surface area contributed by atoms with Gasteiger partial charge in [-0.05, 0) is 12.1 Å². The number of halogens is 1.